The third-order valence-electron chi connectivity index (χ3n) is 2.29. The number of aromatic nitrogens is 2. The zero-order valence-corrected chi connectivity index (χ0v) is 14.6. The Kier molecular flexibility index (Phi) is 8.03. The van der Waals surface area contributed by atoms with Crippen LogP contribution < -0.4 is 0 Å². The molecule has 0 radical (unpaired) electrons. The van der Waals surface area contributed by atoms with E-state index in [2.05, 4.69) is 35.5 Å². The van der Waals surface area contributed by atoms with Gasteiger partial charge in [-0.3, -0.25) is 0 Å². The van der Waals surface area contributed by atoms with E-state index in [1.54, 1.807) is 26.8 Å². The van der Waals surface area contributed by atoms with Crippen LogP contribution in [0.15, 0.2) is 21.2 Å². The summed E-state index contributed by atoms with van der Waals surface area (Å²) in [4.78, 5) is 21.9. The summed E-state index contributed by atoms with van der Waals surface area (Å²) in [6.45, 7) is 5.89. The van der Waals surface area contributed by atoms with E-state index in [0.717, 1.165) is 0 Å². The van der Waals surface area contributed by atoms with Crippen molar-refractivity contribution in [2.45, 2.75) is 26.1 Å². The Morgan fingerprint density at radius 1 is 1.04 bits per heavy atom. The number of carbonyl (C=O) groups excluding carboxylic acids is 2. The quantitative estimate of drug-likeness (QED) is 0.568. The molecule has 0 saturated heterocycles. The van der Waals surface area contributed by atoms with Crippen LogP contribution in [-0.4, -0.2) is 35.5 Å². The lowest BCUT2D eigenvalue weighted by atomic mass is 10.4. The molecule has 0 bridgehead atoms. The predicted molar refractivity (Wildman–Crippen MR) is 82.3 cm³/mol. The molecule has 0 aliphatic heterocycles. The number of rotatable bonds is 5. The number of nitrogens with zero attached hydrogens (tertiary/aromatic N) is 2. The van der Waals surface area contributed by atoms with Gasteiger partial charge in [-0.2, -0.15) is 0 Å². The highest BCUT2D eigenvalue weighted by molar-refractivity contribution is 9.08. The van der Waals surface area contributed by atoms with Crippen molar-refractivity contribution in [1.82, 2.24) is 10.3 Å². The first kappa shape index (κ1) is 18.9. The maximum absolute atomic E-state index is 11.0. The summed E-state index contributed by atoms with van der Waals surface area (Å²) in [5.41, 5.74) is 0.440. The Morgan fingerprint density at radius 3 is 1.96 bits per heavy atom. The van der Waals surface area contributed by atoms with E-state index in [9.17, 15) is 9.59 Å². The second-order valence-electron chi connectivity index (χ2n) is 4.08. The minimum Gasteiger partial charge on any atom is -0.461 e. The van der Waals surface area contributed by atoms with Crippen molar-refractivity contribution in [3.63, 3.8) is 0 Å². The molecule has 0 aliphatic carbocycles. The van der Waals surface area contributed by atoms with Crippen molar-refractivity contribution >= 4 is 27.9 Å². The van der Waals surface area contributed by atoms with Crippen molar-refractivity contribution in [1.29, 1.82) is 0 Å². The van der Waals surface area contributed by atoms with E-state index in [1.165, 1.54) is 6.07 Å². The van der Waals surface area contributed by atoms with E-state index in [-0.39, 0.29) is 11.4 Å². The van der Waals surface area contributed by atoms with E-state index in [0.29, 0.717) is 30.1 Å². The number of alkyl halides is 1. The molecule has 0 saturated carbocycles. The molecule has 126 valence electrons. The molecule has 0 amide bonds. The Morgan fingerprint density at radius 2 is 1.57 bits per heavy atom. The van der Waals surface area contributed by atoms with E-state index < -0.39 is 11.9 Å². The average Bonchev–Trinajstić information content (AvgIpc) is 3.17. The SMILES string of the molecule is CCOC(=O)c1cc(C)on1.CCOC(=O)c1cc(CBr)on1. The first-order valence-corrected chi connectivity index (χ1v) is 7.93. The van der Waals surface area contributed by atoms with Crippen molar-refractivity contribution < 1.29 is 28.1 Å². The summed E-state index contributed by atoms with van der Waals surface area (Å²) in [6.07, 6.45) is 0. The lowest BCUT2D eigenvalue weighted by molar-refractivity contribution is 0.0505. The maximum Gasteiger partial charge on any atom is 0.360 e. The molecule has 0 aromatic carbocycles. The zero-order valence-electron chi connectivity index (χ0n) is 13.0. The molecule has 2 aromatic rings. The second-order valence-corrected chi connectivity index (χ2v) is 4.64. The molecule has 0 spiro atoms. The fourth-order valence-electron chi connectivity index (χ4n) is 1.34. The number of ether oxygens (including phenoxy) is 2. The fourth-order valence-corrected chi connectivity index (χ4v) is 1.61. The molecule has 0 unspecified atom stereocenters. The largest absolute Gasteiger partial charge is 0.461 e. The van der Waals surface area contributed by atoms with Crippen molar-refractivity contribution in [3.05, 3.63) is 35.0 Å². The molecule has 0 atom stereocenters. The van der Waals surface area contributed by atoms with Gasteiger partial charge in [0, 0.05) is 12.1 Å². The van der Waals surface area contributed by atoms with Gasteiger partial charge in [0.15, 0.2) is 11.4 Å². The van der Waals surface area contributed by atoms with Gasteiger partial charge in [-0.05, 0) is 20.8 Å². The third-order valence-corrected chi connectivity index (χ3v) is 2.84. The van der Waals surface area contributed by atoms with E-state index in [4.69, 9.17) is 9.26 Å². The third kappa shape index (κ3) is 6.23. The second kappa shape index (κ2) is 9.78. The highest BCUT2D eigenvalue weighted by atomic mass is 79.9. The Bertz CT molecular complexity index is 637. The first-order valence-electron chi connectivity index (χ1n) is 6.80. The van der Waals surface area contributed by atoms with Crippen LogP contribution in [0.4, 0.5) is 0 Å². The summed E-state index contributed by atoms with van der Waals surface area (Å²) >= 11 is 3.17. The van der Waals surface area contributed by atoms with Crippen LogP contribution in [-0.2, 0) is 14.8 Å². The molecular formula is C14H17BrN2O6. The predicted octanol–water partition coefficient (Wildman–Crippen LogP) is 2.91. The monoisotopic (exact) mass is 388 g/mol. The smallest absolute Gasteiger partial charge is 0.360 e. The topological polar surface area (TPSA) is 105 Å². The van der Waals surface area contributed by atoms with Crippen molar-refractivity contribution in [2.75, 3.05) is 13.2 Å². The average molecular weight is 389 g/mol. The normalized spacial score (nSPS) is 9.74. The van der Waals surface area contributed by atoms with Crippen LogP contribution in [0.1, 0.15) is 46.3 Å². The molecule has 0 aliphatic rings. The van der Waals surface area contributed by atoms with Crippen molar-refractivity contribution in [2.24, 2.45) is 0 Å². The molecule has 2 heterocycles. The summed E-state index contributed by atoms with van der Waals surface area (Å²) in [6, 6.07) is 3.09. The summed E-state index contributed by atoms with van der Waals surface area (Å²) in [5, 5.41) is 7.55. The maximum atomic E-state index is 11.0. The van der Waals surface area contributed by atoms with Crippen LogP contribution in [0.3, 0.4) is 0 Å². The van der Waals surface area contributed by atoms with E-state index in [1.807, 2.05) is 0 Å². The van der Waals surface area contributed by atoms with Gasteiger partial charge in [-0.1, -0.05) is 26.2 Å². The number of halogens is 1. The van der Waals surface area contributed by atoms with Crippen LogP contribution in [0.5, 0.6) is 0 Å². The summed E-state index contributed by atoms with van der Waals surface area (Å²) < 4.78 is 18.9. The Hall–Kier alpha value is -2.16. The van der Waals surface area contributed by atoms with Gasteiger partial charge in [0.25, 0.3) is 0 Å². The Balaban J connectivity index is 0.000000231. The lowest BCUT2D eigenvalue weighted by Crippen LogP contribution is -2.04. The Labute approximate surface area is 141 Å². The van der Waals surface area contributed by atoms with Crippen LogP contribution in [0.25, 0.3) is 0 Å². The number of carbonyl (C=O) groups is 2. The minimum absolute atomic E-state index is 0.214. The fraction of sp³-hybridized carbons (Fsp3) is 0.429. The highest BCUT2D eigenvalue weighted by Gasteiger charge is 2.12. The molecule has 0 fully saturated rings. The van der Waals surface area contributed by atoms with Gasteiger partial charge in [-0.25, -0.2) is 9.59 Å². The molecule has 9 heteroatoms. The molecule has 2 aromatic heterocycles. The van der Waals surface area contributed by atoms with Gasteiger partial charge in [0.05, 0.1) is 18.5 Å². The number of hydrogen-bond acceptors (Lipinski definition) is 8. The minimum atomic E-state index is -0.451. The van der Waals surface area contributed by atoms with Crippen LogP contribution >= 0.6 is 15.9 Å². The standard InChI is InChI=1S/C7H8BrNO3.C7H9NO3/c1-2-11-7(10)6-3-5(4-8)12-9-6;1-3-10-7(9)6-4-5(2)11-8-6/h3H,2,4H2,1H3;4H,3H2,1-2H3. The van der Waals surface area contributed by atoms with Gasteiger partial charge in [0.2, 0.25) is 0 Å². The van der Waals surface area contributed by atoms with Gasteiger partial charge < -0.3 is 18.5 Å². The molecule has 23 heavy (non-hydrogen) atoms. The lowest BCUT2D eigenvalue weighted by Gasteiger charge is -1.94. The van der Waals surface area contributed by atoms with Gasteiger partial charge >= 0.3 is 11.9 Å². The molecule has 8 nitrogen and oxygen atoms in total. The van der Waals surface area contributed by atoms with Crippen LogP contribution in [0, 0.1) is 6.92 Å². The first-order chi connectivity index (χ1) is 11.0. The van der Waals surface area contributed by atoms with Crippen LogP contribution in [0.2, 0.25) is 0 Å². The number of hydrogen-bond donors (Lipinski definition) is 0. The number of aryl methyl sites for hydroxylation is 1. The van der Waals surface area contributed by atoms with Crippen molar-refractivity contribution in [3.8, 4) is 0 Å². The summed E-state index contributed by atoms with van der Waals surface area (Å²) in [7, 11) is 0. The molecular weight excluding hydrogens is 372 g/mol. The molecule has 2 rings (SSSR count). The molecule has 0 N–H and O–H groups in total. The number of esters is 2. The van der Waals surface area contributed by atoms with Gasteiger partial charge in [-0.15, -0.1) is 0 Å². The van der Waals surface area contributed by atoms with E-state index >= 15 is 0 Å². The zero-order chi connectivity index (χ0) is 17.2. The highest BCUT2D eigenvalue weighted by Crippen LogP contribution is 2.08. The van der Waals surface area contributed by atoms with Gasteiger partial charge in [0.1, 0.15) is 11.5 Å². The summed E-state index contributed by atoms with van der Waals surface area (Å²) in [5.74, 6) is 0.323.